The molecule has 0 bridgehead atoms. The zero-order valence-electron chi connectivity index (χ0n) is 18.6. The molecule has 5 rings (SSSR count). The first-order valence-electron chi connectivity index (χ1n) is 11.5. The Morgan fingerprint density at radius 3 is 2.35 bits per heavy atom. The second kappa shape index (κ2) is 7.40. The summed E-state index contributed by atoms with van der Waals surface area (Å²) in [5.41, 5.74) is 6.44. The number of unbranched alkanes of at least 4 members (excludes halogenated alkanes) is 1. The molecule has 2 atom stereocenters. The number of fused-ring (bicyclic) bond motifs is 3. The number of hydrogen-bond acceptors (Lipinski definition) is 3. The molecule has 0 spiro atoms. The summed E-state index contributed by atoms with van der Waals surface area (Å²) in [4.78, 5) is 31.9. The monoisotopic (exact) mass is 411 g/mol. The molecule has 0 fully saturated rings. The smallest absolute Gasteiger partial charge is 0.173 e. The molecule has 0 aromatic heterocycles. The van der Waals surface area contributed by atoms with Gasteiger partial charge in [0.05, 0.1) is 11.6 Å². The number of allylic oxidation sites excluding steroid dienone is 2. The van der Waals surface area contributed by atoms with Crippen molar-refractivity contribution in [2.75, 3.05) is 0 Å². The molecule has 2 aromatic carbocycles. The van der Waals surface area contributed by atoms with E-state index in [0.717, 1.165) is 46.5 Å². The lowest BCUT2D eigenvalue weighted by Gasteiger charge is -2.38. The zero-order valence-corrected chi connectivity index (χ0v) is 18.6. The third-order valence-electron chi connectivity index (χ3n) is 7.00. The number of carbonyl (C=O) groups is 2. The number of aliphatic imine (C=N–C) groups is 1. The van der Waals surface area contributed by atoms with Crippen molar-refractivity contribution in [1.29, 1.82) is 0 Å². The van der Waals surface area contributed by atoms with Gasteiger partial charge in [-0.25, -0.2) is 0 Å². The van der Waals surface area contributed by atoms with Crippen molar-refractivity contribution in [3.8, 4) is 0 Å². The summed E-state index contributed by atoms with van der Waals surface area (Å²) in [6.45, 7) is 6.46. The Hall–Kier alpha value is -2.81. The summed E-state index contributed by atoms with van der Waals surface area (Å²) >= 11 is 0. The average Bonchev–Trinajstić information content (AvgIpc) is 3.02. The number of aryl methyl sites for hydroxylation is 1. The molecule has 1 aliphatic heterocycles. The number of ketones is 2. The lowest BCUT2D eigenvalue weighted by molar-refractivity contribution is -0.118. The Kier molecular flexibility index (Phi) is 4.80. The number of carbonyl (C=O) groups excluding carboxylic acids is 2. The summed E-state index contributed by atoms with van der Waals surface area (Å²) in [6.07, 6.45) is 4.67. The van der Waals surface area contributed by atoms with Gasteiger partial charge in [0.2, 0.25) is 0 Å². The van der Waals surface area contributed by atoms with E-state index < -0.39 is 5.92 Å². The van der Waals surface area contributed by atoms with Crippen molar-refractivity contribution < 1.29 is 9.59 Å². The van der Waals surface area contributed by atoms with Crippen molar-refractivity contribution >= 4 is 17.3 Å². The summed E-state index contributed by atoms with van der Waals surface area (Å²) in [5.74, 6) is -0.398. The van der Waals surface area contributed by atoms with E-state index in [9.17, 15) is 9.59 Å². The van der Waals surface area contributed by atoms with Gasteiger partial charge in [0.1, 0.15) is 0 Å². The molecule has 3 aliphatic rings. The standard InChI is InChI=1S/C28H29NO2/c1-4-5-8-17-11-13-18(14-12-17)23-24-21(15-28(2,3)16-22(24)30)29-26-19-9-6-7-10-20(19)27(31)25(23)26/h6-7,9-14,23,25H,4-5,8,15-16H2,1-3H3/t23-,25-/m1/s1. The topological polar surface area (TPSA) is 46.5 Å². The first-order valence-corrected chi connectivity index (χ1v) is 11.5. The number of nitrogens with zero attached hydrogens (tertiary/aromatic N) is 1. The Balaban J connectivity index is 1.66. The predicted octanol–water partition coefficient (Wildman–Crippen LogP) is 6.07. The van der Waals surface area contributed by atoms with Crippen LogP contribution < -0.4 is 0 Å². The van der Waals surface area contributed by atoms with Gasteiger partial charge in [0.25, 0.3) is 0 Å². The molecule has 1 heterocycles. The molecule has 0 N–H and O–H groups in total. The van der Waals surface area contributed by atoms with Crippen molar-refractivity contribution in [3.63, 3.8) is 0 Å². The molecule has 3 heteroatoms. The van der Waals surface area contributed by atoms with Gasteiger partial charge in [-0.05, 0) is 35.8 Å². The largest absolute Gasteiger partial charge is 0.294 e. The molecular formula is C28H29NO2. The van der Waals surface area contributed by atoms with Gasteiger partial charge < -0.3 is 0 Å². The summed E-state index contributed by atoms with van der Waals surface area (Å²) < 4.78 is 0. The zero-order chi connectivity index (χ0) is 21.8. The van der Waals surface area contributed by atoms with Crippen molar-refractivity contribution in [2.45, 2.75) is 58.8 Å². The highest BCUT2D eigenvalue weighted by Gasteiger charge is 2.50. The highest BCUT2D eigenvalue weighted by Crippen LogP contribution is 2.51. The molecule has 0 amide bonds. The van der Waals surface area contributed by atoms with Crippen LogP contribution in [-0.4, -0.2) is 17.3 Å². The second-order valence-electron chi connectivity index (χ2n) is 10.0. The van der Waals surface area contributed by atoms with Gasteiger partial charge >= 0.3 is 0 Å². The molecular weight excluding hydrogens is 382 g/mol. The van der Waals surface area contributed by atoms with Crippen molar-refractivity contribution in [2.24, 2.45) is 16.3 Å². The maximum atomic E-state index is 13.5. The van der Waals surface area contributed by atoms with Crippen LogP contribution in [0.15, 0.2) is 64.8 Å². The predicted molar refractivity (Wildman–Crippen MR) is 124 cm³/mol. The minimum Gasteiger partial charge on any atom is -0.294 e. The van der Waals surface area contributed by atoms with E-state index in [4.69, 9.17) is 4.99 Å². The van der Waals surface area contributed by atoms with E-state index in [0.29, 0.717) is 6.42 Å². The summed E-state index contributed by atoms with van der Waals surface area (Å²) in [5, 5.41) is 0. The van der Waals surface area contributed by atoms with Gasteiger partial charge in [-0.3, -0.25) is 14.6 Å². The fraction of sp³-hybridized carbons (Fsp3) is 0.393. The first-order chi connectivity index (χ1) is 14.9. The highest BCUT2D eigenvalue weighted by molar-refractivity contribution is 6.30. The molecule has 2 aromatic rings. The van der Waals surface area contributed by atoms with Gasteiger partial charge in [0.15, 0.2) is 11.6 Å². The number of Topliss-reactive ketones (excluding diaryl/α,β-unsaturated/α-hetero) is 2. The van der Waals surface area contributed by atoms with Gasteiger partial charge in [-0.1, -0.05) is 75.7 Å². The Morgan fingerprint density at radius 1 is 0.935 bits per heavy atom. The molecule has 0 saturated heterocycles. The van der Waals surface area contributed by atoms with Gasteiger partial charge in [-0.2, -0.15) is 0 Å². The molecule has 0 saturated carbocycles. The first kappa shape index (κ1) is 20.1. The maximum Gasteiger partial charge on any atom is 0.173 e. The maximum absolute atomic E-state index is 13.5. The van der Waals surface area contributed by atoms with Crippen LogP contribution in [-0.2, 0) is 11.2 Å². The van der Waals surface area contributed by atoms with E-state index in [-0.39, 0.29) is 22.9 Å². The van der Waals surface area contributed by atoms with Crippen LogP contribution in [0.25, 0.3) is 0 Å². The molecule has 0 unspecified atom stereocenters. The molecule has 3 nitrogen and oxygen atoms in total. The Morgan fingerprint density at radius 2 is 1.65 bits per heavy atom. The Labute approximate surface area is 184 Å². The van der Waals surface area contributed by atoms with E-state index in [2.05, 4.69) is 45.0 Å². The average molecular weight is 412 g/mol. The summed E-state index contributed by atoms with van der Waals surface area (Å²) in [7, 11) is 0. The number of hydrogen-bond donors (Lipinski definition) is 0. The third-order valence-corrected chi connectivity index (χ3v) is 7.00. The molecule has 158 valence electrons. The minimum atomic E-state index is -0.400. The van der Waals surface area contributed by atoms with E-state index in [1.807, 2.05) is 24.3 Å². The number of rotatable bonds is 4. The fourth-order valence-electron chi connectivity index (χ4n) is 5.52. The Bertz CT molecular complexity index is 1130. The SMILES string of the molecule is CCCCc1ccc([C@@H]2C3=C(CC(C)(C)CC3=O)N=C3c4ccccc4C(=O)[C@@H]32)cc1. The summed E-state index contributed by atoms with van der Waals surface area (Å²) in [6, 6.07) is 16.4. The van der Waals surface area contributed by atoms with Crippen molar-refractivity contribution in [3.05, 3.63) is 82.1 Å². The minimum absolute atomic E-state index is 0.0959. The lowest BCUT2D eigenvalue weighted by Crippen LogP contribution is -2.37. The van der Waals surface area contributed by atoms with E-state index in [1.165, 1.54) is 18.4 Å². The van der Waals surface area contributed by atoms with Crippen LogP contribution in [0, 0.1) is 11.3 Å². The molecule has 2 aliphatic carbocycles. The van der Waals surface area contributed by atoms with Crippen LogP contribution >= 0.6 is 0 Å². The van der Waals surface area contributed by atoms with Crippen LogP contribution in [0.5, 0.6) is 0 Å². The van der Waals surface area contributed by atoms with E-state index >= 15 is 0 Å². The molecule has 31 heavy (non-hydrogen) atoms. The number of benzene rings is 2. The van der Waals surface area contributed by atoms with Crippen molar-refractivity contribution in [1.82, 2.24) is 0 Å². The molecule has 0 radical (unpaired) electrons. The van der Waals surface area contributed by atoms with Crippen LogP contribution in [0.1, 0.15) is 79.4 Å². The second-order valence-corrected chi connectivity index (χ2v) is 10.0. The van der Waals surface area contributed by atoms with Crippen LogP contribution in [0.2, 0.25) is 0 Å². The van der Waals surface area contributed by atoms with E-state index in [1.54, 1.807) is 0 Å². The van der Waals surface area contributed by atoms with Gasteiger partial charge in [-0.15, -0.1) is 0 Å². The quantitative estimate of drug-likeness (QED) is 0.613. The lowest BCUT2D eigenvalue weighted by atomic mass is 9.66. The fourth-order valence-corrected chi connectivity index (χ4v) is 5.52. The van der Waals surface area contributed by atoms with Crippen LogP contribution in [0.3, 0.4) is 0 Å². The third kappa shape index (κ3) is 3.31. The normalized spacial score (nSPS) is 23.9. The van der Waals surface area contributed by atoms with Gasteiger partial charge in [0, 0.05) is 34.7 Å². The highest BCUT2D eigenvalue weighted by atomic mass is 16.1. The van der Waals surface area contributed by atoms with Crippen LogP contribution in [0.4, 0.5) is 0 Å².